The third-order valence-electron chi connectivity index (χ3n) is 4.46. The van der Waals surface area contributed by atoms with Crippen molar-refractivity contribution in [2.24, 2.45) is 11.7 Å². The summed E-state index contributed by atoms with van der Waals surface area (Å²) in [6, 6.07) is -0.571. The average Bonchev–Trinajstić information content (AvgIpc) is 3.15. The molecule has 2 N–H and O–H groups in total. The fourth-order valence-corrected chi connectivity index (χ4v) is 3.36. The number of hydrogen-bond acceptors (Lipinski definition) is 5. The Bertz CT molecular complexity index is 573. The molecular formula is C14H21N5O3. The number of aromatic nitrogens is 2. The normalized spacial score (nSPS) is 25.5. The van der Waals surface area contributed by atoms with E-state index in [1.807, 2.05) is 4.90 Å². The van der Waals surface area contributed by atoms with Crippen LogP contribution in [0, 0.1) is 12.8 Å². The van der Waals surface area contributed by atoms with Gasteiger partial charge in [0.05, 0.1) is 12.0 Å². The van der Waals surface area contributed by atoms with E-state index in [4.69, 9.17) is 10.3 Å². The Balaban J connectivity index is 1.72. The van der Waals surface area contributed by atoms with Crippen molar-refractivity contribution < 1.29 is 14.1 Å². The maximum absolute atomic E-state index is 12.8. The first kappa shape index (κ1) is 14.8. The van der Waals surface area contributed by atoms with Gasteiger partial charge in [-0.1, -0.05) is 5.16 Å². The lowest BCUT2D eigenvalue weighted by Gasteiger charge is -2.34. The zero-order valence-corrected chi connectivity index (χ0v) is 12.7. The molecule has 0 aliphatic carbocycles. The lowest BCUT2D eigenvalue weighted by atomic mass is 9.96. The molecule has 3 amide bonds. The van der Waals surface area contributed by atoms with E-state index >= 15 is 0 Å². The molecule has 2 fully saturated rings. The predicted molar refractivity (Wildman–Crippen MR) is 76.6 cm³/mol. The summed E-state index contributed by atoms with van der Waals surface area (Å²) in [7, 11) is 0. The second-order valence-corrected chi connectivity index (χ2v) is 5.98. The minimum Gasteiger partial charge on any atom is -0.351 e. The number of urea groups is 1. The van der Waals surface area contributed by atoms with E-state index in [2.05, 4.69) is 10.1 Å². The van der Waals surface area contributed by atoms with Crippen molar-refractivity contribution in [3.8, 4) is 0 Å². The third-order valence-corrected chi connectivity index (χ3v) is 4.46. The van der Waals surface area contributed by atoms with E-state index in [0.29, 0.717) is 31.3 Å². The Morgan fingerprint density at radius 1 is 1.27 bits per heavy atom. The number of hydrogen-bond donors (Lipinski definition) is 1. The molecule has 0 radical (unpaired) electrons. The van der Waals surface area contributed by atoms with E-state index in [9.17, 15) is 9.59 Å². The number of carbonyl (C=O) groups is 2. The van der Waals surface area contributed by atoms with Crippen molar-refractivity contribution in [2.45, 2.75) is 38.6 Å². The third kappa shape index (κ3) is 2.77. The SMILES string of the molecule is Cc1nc([C@H]2CCCN2C(=O)[C@@H]2CCCN(C(N)=O)C2)no1. The lowest BCUT2D eigenvalue weighted by molar-refractivity contribution is -0.138. The molecule has 3 heterocycles. The van der Waals surface area contributed by atoms with Gasteiger partial charge in [0.25, 0.3) is 0 Å². The molecule has 0 saturated carbocycles. The Morgan fingerprint density at radius 2 is 2.05 bits per heavy atom. The van der Waals surface area contributed by atoms with Crippen LogP contribution in [0.5, 0.6) is 0 Å². The molecule has 8 heteroatoms. The number of rotatable bonds is 2. The lowest BCUT2D eigenvalue weighted by Crippen LogP contribution is -2.48. The van der Waals surface area contributed by atoms with Gasteiger partial charge in [0.1, 0.15) is 0 Å². The standard InChI is InChI=1S/C14H21N5O3/c1-9-16-12(17-22-9)11-5-3-7-19(11)13(20)10-4-2-6-18(8-10)14(15)21/h10-11H,2-8H2,1H3,(H2,15,21)/t10-,11-/m1/s1. The molecular weight excluding hydrogens is 286 g/mol. The van der Waals surface area contributed by atoms with Gasteiger partial charge in [-0.2, -0.15) is 4.98 Å². The Labute approximate surface area is 128 Å². The Kier molecular flexibility index (Phi) is 4.00. The minimum absolute atomic E-state index is 0.0657. The van der Waals surface area contributed by atoms with Gasteiger partial charge in [0.2, 0.25) is 11.8 Å². The largest absolute Gasteiger partial charge is 0.351 e. The van der Waals surface area contributed by atoms with Gasteiger partial charge in [0, 0.05) is 26.6 Å². The summed E-state index contributed by atoms with van der Waals surface area (Å²) in [4.78, 5) is 31.8. The van der Waals surface area contributed by atoms with Crippen molar-refractivity contribution in [2.75, 3.05) is 19.6 Å². The average molecular weight is 307 g/mol. The van der Waals surface area contributed by atoms with Crippen LogP contribution in [0.4, 0.5) is 4.79 Å². The molecule has 1 aromatic heterocycles. The van der Waals surface area contributed by atoms with Crippen LogP contribution in [-0.2, 0) is 4.79 Å². The van der Waals surface area contributed by atoms with Crippen molar-refractivity contribution >= 4 is 11.9 Å². The summed E-state index contributed by atoms with van der Waals surface area (Å²) >= 11 is 0. The summed E-state index contributed by atoms with van der Waals surface area (Å²) in [5.41, 5.74) is 5.33. The number of piperidine rings is 1. The van der Waals surface area contributed by atoms with E-state index in [1.54, 1.807) is 11.8 Å². The van der Waals surface area contributed by atoms with Crippen LogP contribution >= 0.6 is 0 Å². The number of nitrogens with zero attached hydrogens (tertiary/aromatic N) is 4. The number of amides is 3. The first-order valence-electron chi connectivity index (χ1n) is 7.71. The molecule has 2 atom stereocenters. The van der Waals surface area contributed by atoms with Crippen LogP contribution in [0.25, 0.3) is 0 Å². The summed E-state index contributed by atoms with van der Waals surface area (Å²) in [5.74, 6) is 0.962. The summed E-state index contributed by atoms with van der Waals surface area (Å²) in [6.45, 7) is 3.48. The molecule has 120 valence electrons. The Morgan fingerprint density at radius 3 is 2.73 bits per heavy atom. The zero-order chi connectivity index (χ0) is 15.7. The van der Waals surface area contributed by atoms with Gasteiger partial charge in [0.15, 0.2) is 5.82 Å². The monoisotopic (exact) mass is 307 g/mol. The topological polar surface area (TPSA) is 106 Å². The van der Waals surface area contributed by atoms with Crippen molar-refractivity contribution in [1.29, 1.82) is 0 Å². The van der Waals surface area contributed by atoms with Crippen LogP contribution in [0.3, 0.4) is 0 Å². The highest BCUT2D eigenvalue weighted by atomic mass is 16.5. The van der Waals surface area contributed by atoms with Crippen LogP contribution in [0.2, 0.25) is 0 Å². The van der Waals surface area contributed by atoms with E-state index in [0.717, 1.165) is 25.7 Å². The second kappa shape index (κ2) is 5.94. The number of nitrogens with two attached hydrogens (primary N) is 1. The molecule has 2 saturated heterocycles. The van der Waals surface area contributed by atoms with E-state index in [-0.39, 0.29) is 17.9 Å². The Hall–Kier alpha value is -2.12. The number of carbonyl (C=O) groups excluding carboxylic acids is 2. The van der Waals surface area contributed by atoms with Gasteiger partial charge >= 0.3 is 6.03 Å². The molecule has 0 bridgehead atoms. The summed E-state index contributed by atoms with van der Waals surface area (Å²) in [6.07, 6.45) is 3.36. The zero-order valence-electron chi connectivity index (χ0n) is 12.7. The summed E-state index contributed by atoms with van der Waals surface area (Å²) in [5, 5.41) is 3.95. The van der Waals surface area contributed by atoms with Gasteiger partial charge in [-0.05, 0) is 25.7 Å². The first-order valence-corrected chi connectivity index (χ1v) is 7.71. The molecule has 0 aromatic carbocycles. The number of aryl methyl sites for hydroxylation is 1. The molecule has 8 nitrogen and oxygen atoms in total. The van der Waals surface area contributed by atoms with Crippen molar-refractivity contribution in [3.05, 3.63) is 11.7 Å². The van der Waals surface area contributed by atoms with Crippen LogP contribution in [-0.4, -0.2) is 51.5 Å². The van der Waals surface area contributed by atoms with Crippen LogP contribution in [0.1, 0.15) is 43.4 Å². The molecule has 3 rings (SSSR count). The summed E-state index contributed by atoms with van der Waals surface area (Å²) < 4.78 is 5.03. The second-order valence-electron chi connectivity index (χ2n) is 5.98. The van der Waals surface area contributed by atoms with Crippen molar-refractivity contribution in [3.63, 3.8) is 0 Å². The van der Waals surface area contributed by atoms with E-state index < -0.39 is 6.03 Å². The highest BCUT2D eigenvalue weighted by Gasteiger charge is 2.38. The number of likely N-dealkylation sites (tertiary alicyclic amines) is 2. The molecule has 22 heavy (non-hydrogen) atoms. The van der Waals surface area contributed by atoms with E-state index in [1.165, 1.54) is 0 Å². The highest BCUT2D eigenvalue weighted by molar-refractivity contribution is 5.81. The minimum atomic E-state index is -0.454. The molecule has 1 aromatic rings. The van der Waals surface area contributed by atoms with Gasteiger partial charge in [-0.25, -0.2) is 4.79 Å². The highest BCUT2D eigenvalue weighted by Crippen LogP contribution is 2.32. The van der Waals surface area contributed by atoms with Gasteiger partial charge in [-0.3, -0.25) is 4.79 Å². The molecule has 2 aliphatic rings. The number of primary amides is 1. The van der Waals surface area contributed by atoms with Crippen LogP contribution < -0.4 is 5.73 Å². The van der Waals surface area contributed by atoms with Gasteiger partial charge in [-0.15, -0.1) is 0 Å². The predicted octanol–water partition coefficient (Wildman–Crippen LogP) is 0.832. The molecule has 2 aliphatic heterocycles. The fraction of sp³-hybridized carbons (Fsp3) is 0.714. The van der Waals surface area contributed by atoms with Crippen molar-refractivity contribution in [1.82, 2.24) is 19.9 Å². The molecule has 0 spiro atoms. The van der Waals surface area contributed by atoms with Crippen LogP contribution in [0.15, 0.2) is 4.52 Å². The first-order chi connectivity index (χ1) is 10.6. The fourth-order valence-electron chi connectivity index (χ4n) is 3.36. The quantitative estimate of drug-likeness (QED) is 0.871. The smallest absolute Gasteiger partial charge is 0.314 e. The van der Waals surface area contributed by atoms with Gasteiger partial charge < -0.3 is 20.1 Å². The maximum atomic E-state index is 12.8. The maximum Gasteiger partial charge on any atom is 0.314 e. The molecule has 0 unspecified atom stereocenters.